The van der Waals surface area contributed by atoms with E-state index in [0.29, 0.717) is 25.2 Å². The van der Waals surface area contributed by atoms with Gasteiger partial charge in [-0.15, -0.1) is 10.2 Å². The van der Waals surface area contributed by atoms with Crippen LogP contribution in [0.3, 0.4) is 0 Å². The Morgan fingerprint density at radius 2 is 1.88 bits per heavy atom. The molecular weight excluding hydrogens is 663 g/mol. The van der Waals surface area contributed by atoms with Crippen molar-refractivity contribution in [3.63, 3.8) is 0 Å². The van der Waals surface area contributed by atoms with Gasteiger partial charge in [-0.2, -0.15) is 18.4 Å². The number of aromatic nitrogens is 6. The van der Waals surface area contributed by atoms with E-state index in [-0.39, 0.29) is 46.1 Å². The number of pyridine rings is 1. The molecule has 7 rings (SSSR count). The van der Waals surface area contributed by atoms with Crippen molar-refractivity contribution in [3.05, 3.63) is 88.6 Å². The minimum atomic E-state index is -4.65. The molecule has 0 radical (unpaired) electrons. The molecule has 0 saturated carbocycles. The van der Waals surface area contributed by atoms with Crippen LogP contribution >= 0.6 is 0 Å². The molecule has 5 heterocycles. The molecule has 2 saturated heterocycles. The van der Waals surface area contributed by atoms with Crippen LogP contribution in [0.2, 0.25) is 0 Å². The van der Waals surface area contributed by atoms with Crippen LogP contribution in [0.25, 0.3) is 22.6 Å². The topological polar surface area (TPSA) is 118 Å². The second-order valence-electron chi connectivity index (χ2n) is 12.7. The largest absolute Gasteiger partial charge is 0.486 e. The fourth-order valence-electron chi connectivity index (χ4n) is 6.31. The van der Waals surface area contributed by atoms with Gasteiger partial charge >= 0.3 is 6.18 Å². The summed E-state index contributed by atoms with van der Waals surface area (Å²) in [7, 11) is 0.816. The highest BCUT2D eigenvalue weighted by Gasteiger charge is 2.36. The van der Waals surface area contributed by atoms with Gasteiger partial charge in [0.2, 0.25) is 5.82 Å². The Bertz CT molecular complexity index is 2050. The predicted octanol–water partition coefficient (Wildman–Crippen LogP) is 4.83. The molecule has 2 aliphatic heterocycles. The lowest BCUT2D eigenvalue weighted by Gasteiger charge is -2.40. The van der Waals surface area contributed by atoms with Gasteiger partial charge in [0.05, 0.1) is 40.6 Å². The number of piperidine rings is 1. The number of imidazole rings is 1. The summed E-state index contributed by atoms with van der Waals surface area (Å²) < 4.78 is 82.0. The number of fused-ring (bicyclic) bond motifs is 1. The summed E-state index contributed by atoms with van der Waals surface area (Å²) in [5.74, 6) is -1.40. The van der Waals surface area contributed by atoms with Crippen molar-refractivity contribution < 1.29 is 31.4 Å². The Morgan fingerprint density at radius 1 is 1.08 bits per heavy atom. The smallest absolute Gasteiger partial charge is 0.451 e. The van der Waals surface area contributed by atoms with Crippen molar-refractivity contribution in [2.45, 2.75) is 56.3 Å². The molecule has 16 heteroatoms. The maximum Gasteiger partial charge on any atom is 0.451 e. The number of rotatable bonds is 9. The first kappa shape index (κ1) is 32.8. The number of benzene rings is 2. The molecule has 1 atom stereocenters. The number of nitrogens with zero attached hydrogens (tertiary/aromatic N) is 7. The van der Waals surface area contributed by atoms with Gasteiger partial charge in [-0.3, -0.25) is 9.88 Å². The highest BCUT2D eigenvalue weighted by atomic mass is 28.1. The minimum Gasteiger partial charge on any atom is -0.486 e. The zero-order valence-electron chi connectivity index (χ0n) is 26.4. The number of hydrogen-bond donors (Lipinski definition) is 1. The van der Waals surface area contributed by atoms with Crippen molar-refractivity contribution in [2.24, 2.45) is 0 Å². The van der Waals surface area contributed by atoms with E-state index in [1.807, 2.05) is 6.07 Å². The van der Waals surface area contributed by atoms with Crippen molar-refractivity contribution in [1.82, 2.24) is 34.6 Å². The van der Waals surface area contributed by atoms with Crippen molar-refractivity contribution in [2.75, 3.05) is 19.7 Å². The van der Waals surface area contributed by atoms with Crippen LogP contribution in [0, 0.1) is 23.0 Å². The van der Waals surface area contributed by atoms with Crippen molar-refractivity contribution >= 4 is 21.3 Å². The lowest BCUT2D eigenvalue weighted by atomic mass is 9.89. The van der Waals surface area contributed by atoms with E-state index in [0.717, 1.165) is 65.6 Å². The Hall–Kier alpha value is -4.72. The number of nitrogens with one attached hydrogen (secondary N) is 1. The van der Waals surface area contributed by atoms with Crippen LogP contribution in [0.1, 0.15) is 53.5 Å². The Labute approximate surface area is 280 Å². The number of H-pyrrole nitrogens is 1. The average molecular weight is 695 g/mol. The zero-order chi connectivity index (χ0) is 34.3. The van der Waals surface area contributed by atoms with E-state index in [2.05, 4.69) is 29.6 Å². The number of likely N-dealkylation sites (tertiary alicyclic amines) is 1. The third kappa shape index (κ3) is 6.91. The van der Waals surface area contributed by atoms with Crippen molar-refractivity contribution in [3.8, 4) is 23.3 Å². The molecule has 0 aliphatic carbocycles. The Kier molecular flexibility index (Phi) is 8.67. The molecule has 0 amide bonds. The van der Waals surface area contributed by atoms with Crippen molar-refractivity contribution in [1.29, 1.82) is 5.26 Å². The summed E-state index contributed by atoms with van der Waals surface area (Å²) in [6, 6.07) is 12.4. The Balaban J connectivity index is 1.05. The van der Waals surface area contributed by atoms with E-state index < -0.39 is 23.6 Å². The van der Waals surface area contributed by atoms with Gasteiger partial charge in [0, 0.05) is 29.0 Å². The molecule has 0 unspecified atom stereocenters. The number of aromatic amines is 1. The summed E-state index contributed by atoms with van der Waals surface area (Å²) in [6.45, 7) is 3.19. The maximum atomic E-state index is 14.7. The number of ether oxygens (including phenoxy) is 2. The molecule has 10 nitrogen and oxygen atoms in total. The van der Waals surface area contributed by atoms with Crippen LogP contribution < -0.4 is 4.74 Å². The van der Waals surface area contributed by atoms with E-state index >= 15 is 0 Å². The molecule has 0 spiro atoms. The molecular formula is C33H31F5N8O2Si. The lowest BCUT2D eigenvalue weighted by molar-refractivity contribution is -0.144. The average Bonchev–Trinajstić information content (AvgIpc) is 3.70. The van der Waals surface area contributed by atoms with Gasteiger partial charge in [0.15, 0.2) is 17.4 Å². The Morgan fingerprint density at radius 3 is 2.55 bits per heavy atom. The van der Waals surface area contributed by atoms with Gasteiger partial charge in [0.1, 0.15) is 23.9 Å². The van der Waals surface area contributed by atoms with Gasteiger partial charge in [0.25, 0.3) is 0 Å². The second-order valence-corrected chi connectivity index (χ2v) is 14.5. The normalized spacial score (nSPS) is 18.9. The first-order valence-corrected chi connectivity index (χ1v) is 16.8. The summed E-state index contributed by atoms with van der Waals surface area (Å²) >= 11 is 0. The third-order valence-corrected chi connectivity index (χ3v) is 10.3. The van der Waals surface area contributed by atoms with Gasteiger partial charge in [-0.1, -0.05) is 12.1 Å². The molecule has 2 aliphatic rings. The molecule has 254 valence electrons. The monoisotopic (exact) mass is 694 g/mol. The summed E-state index contributed by atoms with van der Waals surface area (Å²) in [5, 5.41) is 15.6. The molecule has 5 aromatic rings. The van der Waals surface area contributed by atoms with Gasteiger partial charge in [-0.05, 0) is 74.2 Å². The molecule has 3 aromatic heterocycles. The molecule has 49 heavy (non-hydrogen) atoms. The third-order valence-electron chi connectivity index (χ3n) is 9.23. The molecule has 1 N–H and O–H groups in total. The van der Waals surface area contributed by atoms with Gasteiger partial charge in [-0.25, -0.2) is 13.8 Å². The summed E-state index contributed by atoms with van der Waals surface area (Å²) in [5.41, 5.74) is 2.91. The van der Waals surface area contributed by atoms with Gasteiger partial charge < -0.3 is 19.0 Å². The number of hydrogen-bond acceptors (Lipinski definition) is 8. The van der Waals surface area contributed by atoms with E-state index in [4.69, 9.17) is 19.7 Å². The highest BCUT2D eigenvalue weighted by molar-refractivity contribution is 6.15. The minimum absolute atomic E-state index is 0.0422. The zero-order valence-corrected chi connectivity index (χ0v) is 28.4. The van der Waals surface area contributed by atoms with E-state index in [9.17, 15) is 22.0 Å². The highest BCUT2D eigenvalue weighted by Crippen LogP contribution is 2.34. The fourth-order valence-corrected chi connectivity index (χ4v) is 7.04. The van der Waals surface area contributed by atoms with Crippen LogP contribution in [-0.4, -0.2) is 69.8 Å². The molecule has 2 aromatic carbocycles. The quantitative estimate of drug-likeness (QED) is 0.172. The van der Waals surface area contributed by atoms with Crippen LogP contribution in [0.5, 0.6) is 5.75 Å². The van der Waals surface area contributed by atoms with Crippen LogP contribution in [0.15, 0.2) is 48.7 Å². The lowest BCUT2D eigenvalue weighted by Crippen LogP contribution is -2.48. The van der Waals surface area contributed by atoms with Crippen LogP contribution in [0.4, 0.5) is 22.0 Å². The van der Waals surface area contributed by atoms with E-state index in [1.165, 1.54) is 18.2 Å². The SMILES string of the molecule is N#Cc1ccc(COc2cc(C3CCN(Cc4nc5cc(-c6nnc(C(F)(F)F)[nH]6)ncc5n4C[C@]4([SiH3])CCO4)CC3)ccc2F)c(F)c1. The number of halogens is 5. The predicted molar refractivity (Wildman–Crippen MR) is 170 cm³/mol. The maximum absolute atomic E-state index is 14.7. The first-order valence-electron chi connectivity index (χ1n) is 15.8. The first-order chi connectivity index (χ1) is 23.5. The standard InChI is InChI=1S/C33H31F5N8O2Si/c34-23-4-3-21(12-28(23)47-17-22-2-1-19(14-39)11-24(22)35)20-5-8-45(9-6-20)16-29-41-25-13-26(30-42-31(44-43-30)33(36,37)38)40-15-27(25)46(29)18-32(49)7-10-48-32/h1-4,11-13,15,20H,5-10,16-18H2,49H3,(H,42,43,44)/t32-/m1/s1. The summed E-state index contributed by atoms with van der Waals surface area (Å²) in [6.07, 6.45) is -0.486. The van der Waals surface area contributed by atoms with E-state index in [1.54, 1.807) is 24.4 Å². The summed E-state index contributed by atoms with van der Waals surface area (Å²) in [4.78, 5) is 13.8. The molecule has 2 fully saturated rings. The molecule has 0 bridgehead atoms. The fraction of sp³-hybridized carbons (Fsp3) is 0.364. The number of nitriles is 1. The van der Waals surface area contributed by atoms with Crippen LogP contribution in [-0.2, 0) is 30.6 Å². The second kappa shape index (κ2) is 13.0. The number of alkyl halides is 3.